The molecule has 0 fully saturated rings. The molecule has 15 heavy (non-hydrogen) atoms. The zero-order valence-corrected chi connectivity index (χ0v) is 8.57. The van der Waals surface area contributed by atoms with Crippen molar-refractivity contribution in [3.8, 4) is 0 Å². The third-order valence-corrected chi connectivity index (χ3v) is 2.41. The predicted octanol–water partition coefficient (Wildman–Crippen LogP) is 2.12. The van der Waals surface area contributed by atoms with Crippen LogP contribution in [0.5, 0.6) is 0 Å². The van der Waals surface area contributed by atoms with Gasteiger partial charge in [0, 0.05) is 11.9 Å². The van der Waals surface area contributed by atoms with E-state index in [1.165, 1.54) is 0 Å². The van der Waals surface area contributed by atoms with Gasteiger partial charge in [0.25, 0.3) is 0 Å². The van der Waals surface area contributed by atoms with Crippen molar-refractivity contribution in [3.63, 3.8) is 0 Å². The van der Waals surface area contributed by atoms with Gasteiger partial charge in [-0.1, -0.05) is 0 Å². The van der Waals surface area contributed by atoms with Crippen molar-refractivity contribution in [2.24, 2.45) is 0 Å². The van der Waals surface area contributed by atoms with Crippen molar-refractivity contribution in [1.82, 2.24) is 19.9 Å². The molecule has 74 valence electrons. The van der Waals surface area contributed by atoms with Gasteiger partial charge in [0.05, 0.1) is 16.6 Å². The second-order valence-corrected chi connectivity index (χ2v) is 3.66. The number of hydrogen-bond donors (Lipinski definition) is 1. The lowest BCUT2D eigenvalue weighted by molar-refractivity contribution is 1.16. The minimum absolute atomic E-state index is 0.799. The van der Waals surface area contributed by atoms with Crippen molar-refractivity contribution < 1.29 is 0 Å². The van der Waals surface area contributed by atoms with Gasteiger partial charge in [-0.15, -0.1) is 0 Å². The summed E-state index contributed by atoms with van der Waals surface area (Å²) in [5, 5.41) is 0. The van der Waals surface area contributed by atoms with Crippen LogP contribution in [-0.4, -0.2) is 19.9 Å². The van der Waals surface area contributed by atoms with Crippen LogP contribution in [0.15, 0.2) is 18.3 Å². The third kappa shape index (κ3) is 1.18. The van der Waals surface area contributed by atoms with Crippen molar-refractivity contribution >= 4 is 22.1 Å². The first-order chi connectivity index (χ1) is 7.24. The van der Waals surface area contributed by atoms with E-state index >= 15 is 0 Å². The molecule has 1 aromatic carbocycles. The van der Waals surface area contributed by atoms with Gasteiger partial charge in [-0.25, -0.2) is 9.97 Å². The first kappa shape index (κ1) is 8.35. The predicted molar refractivity (Wildman–Crippen MR) is 58.7 cm³/mol. The monoisotopic (exact) mass is 198 g/mol. The second-order valence-electron chi connectivity index (χ2n) is 3.66. The maximum absolute atomic E-state index is 4.40. The van der Waals surface area contributed by atoms with Crippen LogP contribution in [-0.2, 0) is 0 Å². The lowest BCUT2D eigenvalue weighted by atomic mass is 10.2. The minimum Gasteiger partial charge on any atom is -0.354 e. The molecule has 0 saturated carbocycles. The van der Waals surface area contributed by atoms with E-state index in [0.29, 0.717) is 0 Å². The molecule has 0 amide bonds. The molecule has 2 heterocycles. The van der Waals surface area contributed by atoms with Crippen LogP contribution in [0.3, 0.4) is 0 Å². The third-order valence-electron chi connectivity index (χ3n) is 2.41. The number of fused-ring (bicyclic) bond motifs is 3. The van der Waals surface area contributed by atoms with Gasteiger partial charge in [0.15, 0.2) is 0 Å². The topological polar surface area (TPSA) is 54.5 Å². The zero-order chi connectivity index (χ0) is 10.4. The van der Waals surface area contributed by atoms with E-state index in [0.717, 1.165) is 33.6 Å². The highest BCUT2D eigenvalue weighted by Gasteiger charge is 2.06. The van der Waals surface area contributed by atoms with Gasteiger partial charge in [-0.3, -0.25) is 4.98 Å². The quantitative estimate of drug-likeness (QED) is 0.602. The fourth-order valence-electron chi connectivity index (χ4n) is 1.76. The number of hydrogen-bond acceptors (Lipinski definition) is 3. The SMILES string of the molecule is Cc1nc2ccc3ncc(C)[nH]c3c2n1. The molecular formula is C11H10N4. The summed E-state index contributed by atoms with van der Waals surface area (Å²) in [6, 6.07) is 3.91. The van der Waals surface area contributed by atoms with E-state index in [2.05, 4.69) is 19.9 Å². The molecule has 0 aliphatic heterocycles. The van der Waals surface area contributed by atoms with Crippen molar-refractivity contribution in [1.29, 1.82) is 0 Å². The molecule has 3 aromatic rings. The van der Waals surface area contributed by atoms with Crippen molar-refractivity contribution in [3.05, 3.63) is 29.8 Å². The molecule has 1 N–H and O–H groups in total. The second kappa shape index (κ2) is 2.76. The highest BCUT2D eigenvalue weighted by molar-refractivity contribution is 5.99. The number of imidazole rings is 1. The fourth-order valence-corrected chi connectivity index (χ4v) is 1.76. The van der Waals surface area contributed by atoms with Gasteiger partial charge >= 0.3 is 0 Å². The number of aromatic nitrogens is 4. The lowest BCUT2D eigenvalue weighted by Crippen LogP contribution is -1.87. The van der Waals surface area contributed by atoms with Crippen LogP contribution in [0.1, 0.15) is 11.5 Å². The molecular weight excluding hydrogens is 188 g/mol. The number of H-pyrrole nitrogens is 1. The van der Waals surface area contributed by atoms with Crippen LogP contribution >= 0.6 is 0 Å². The summed E-state index contributed by atoms with van der Waals surface area (Å²) in [7, 11) is 0. The average molecular weight is 198 g/mol. The molecule has 0 spiro atoms. The minimum atomic E-state index is 0.799. The van der Waals surface area contributed by atoms with Gasteiger partial charge in [-0.05, 0) is 26.0 Å². The van der Waals surface area contributed by atoms with Gasteiger partial charge < -0.3 is 4.98 Å². The highest BCUT2D eigenvalue weighted by atomic mass is 14.9. The van der Waals surface area contributed by atoms with E-state index in [9.17, 15) is 0 Å². The van der Waals surface area contributed by atoms with Crippen LogP contribution < -0.4 is 0 Å². The molecule has 0 radical (unpaired) electrons. The number of aromatic amines is 1. The van der Waals surface area contributed by atoms with Crippen LogP contribution in [0.4, 0.5) is 0 Å². The number of rotatable bonds is 0. The molecule has 0 saturated heterocycles. The Bertz CT molecular complexity index is 654. The van der Waals surface area contributed by atoms with Gasteiger partial charge in [-0.2, -0.15) is 0 Å². The standard InChI is InChI=1S/C11H10N4/c1-6-5-12-8-3-4-9-11(10(8)13-6)15-7(2)14-9/h3-5,13H,1-2H3. The van der Waals surface area contributed by atoms with Crippen molar-refractivity contribution in [2.45, 2.75) is 13.8 Å². The Balaban J connectivity index is 2.56. The fraction of sp³-hybridized carbons (Fsp3) is 0.182. The molecule has 0 bridgehead atoms. The Morgan fingerprint density at radius 2 is 1.87 bits per heavy atom. The Hall–Kier alpha value is -1.97. The van der Waals surface area contributed by atoms with Crippen LogP contribution in [0.2, 0.25) is 0 Å². The maximum atomic E-state index is 4.40. The van der Waals surface area contributed by atoms with E-state index in [4.69, 9.17) is 0 Å². The molecule has 0 atom stereocenters. The summed E-state index contributed by atoms with van der Waals surface area (Å²) in [5.74, 6) is 0.799. The summed E-state index contributed by atoms with van der Waals surface area (Å²) in [5.41, 5.74) is 4.74. The van der Waals surface area contributed by atoms with Gasteiger partial charge in [0.1, 0.15) is 11.3 Å². The smallest absolute Gasteiger partial charge is 0.126 e. The Morgan fingerprint density at radius 3 is 2.73 bits per heavy atom. The van der Waals surface area contributed by atoms with E-state index in [-0.39, 0.29) is 0 Å². The largest absolute Gasteiger partial charge is 0.354 e. The Labute approximate surface area is 86.4 Å². The normalized spacial score (nSPS) is 11.3. The lowest BCUT2D eigenvalue weighted by Gasteiger charge is -1.99. The highest BCUT2D eigenvalue weighted by Crippen LogP contribution is 2.20. The molecule has 0 aliphatic carbocycles. The van der Waals surface area contributed by atoms with Crippen LogP contribution in [0, 0.1) is 13.8 Å². The summed E-state index contributed by atoms with van der Waals surface area (Å²) < 4.78 is 0. The summed E-state index contributed by atoms with van der Waals surface area (Å²) in [6.07, 6.45) is 1.82. The molecule has 0 unspecified atom stereocenters. The Kier molecular flexibility index (Phi) is 1.54. The van der Waals surface area contributed by atoms with Crippen molar-refractivity contribution in [2.75, 3.05) is 0 Å². The average Bonchev–Trinajstić information content (AvgIpc) is 2.58. The van der Waals surface area contributed by atoms with E-state index in [1.807, 2.05) is 32.2 Å². The molecule has 3 rings (SSSR count). The molecule has 4 heteroatoms. The summed E-state index contributed by atoms with van der Waals surface area (Å²) in [6.45, 7) is 3.88. The molecule has 4 nitrogen and oxygen atoms in total. The summed E-state index contributed by atoms with van der Waals surface area (Å²) >= 11 is 0. The van der Waals surface area contributed by atoms with Gasteiger partial charge in [0.2, 0.25) is 0 Å². The summed E-state index contributed by atoms with van der Waals surface area (Å²) in [4.78, 5) is 16.4. The van der Waals surface area contributed by atoms with E-state index in [1.54, 1.807) is 0 Å². The van der Waals surface area contributed by atoms with E-state index < -0.39 is 0 Å². The zero-order valence-electron chi connectivity index (χ0n) is 8.57. The first-order valence-electron chi connectivity index (χ1n) is 4.83. The number of benzene rings is 1. The number of nitrogens with one attached hydrogen (secondary N) is 1. The number of nitrogens with zero attached hydrogens (tertiary/aromatic N) is 3. The van der Waals surface area contributed by atoms with Crippen LogP contribution in [0.25, 0.3) is 22.1 Å². The first-order valence-corrected chi connectivity index (χ1v) is 4.83. The maximum Gasteiger partial charge on any atom is 0.126 e. The molecule has 0 aliphatic rings. The number of aryl methyl sites for hydroxylation is 2. The Morgan fingerprint density at radius 1 is 1.07 bits per heavy atom. The molecule has 2 aromatic heterocycles.